The molecular weight excluding hydrogens is 298 g/mol. The summed E-state index contributed by atoms with van der Waals surface area (Å²) in [5.74, 6) is -0.693. The lowest BCUT2D eigenvalue weighted by atomic mass is 10.1. The monoisotopic (exact) mass is 315 g/mol. The second kappa shape index (κ2) is 7.31. The molecule has 2 aromatic carbocycles. The molecule has 0 unspecified atom stereocenters. The zero-order valence-corrected chi connectivity index (χ0v) is 13.1. The predicted octanol–water partition coefficient (Wildman–Crippen LogP) is 2.49. The molecule has 0 aliphatic heterocycles. The van der Waals surface area contributed by atoms with E-state index < -0.39 is 11.9 Å². The summed E-state index contributed by atoms with van der Waals surface area (Å²) in [6, 6.07) is 11.2. The van der Waals surface area contributed by atoms with Gasteiger partial charge in [0.15, 0.2) is 0 Å². The molecule has 2 aromatic rings. The van der Waals surface area contributed by atoms with Crippen LogP contribution in [0.25, 0.3) is 10.8 Å². The smallest absolute Gasteiger partial charge is 0.354 e. The van der Waals surface area contributed by atoms with Crippen LogP contribution in [0, 0.1) is 0 Å². The molecule has 1 N–H and O–H groups in total. The minimum absolute atomic E-state index is 0.0308. The number of fused-ring (bicyclic) bond motifs is 1. The van der Waals surface area contributed by atoms with Crippen molar-refractivity contribution in [1.29, 1.82) is 0 Å². The molecule has 0 aliphatic carbocycles. The van der Waals surface area contributed by atoms with Crippen LogP contribution in [0.15, 0.2) is 48.2 Å². The van der Waals surface area contributed by atoms with E-state index in [1.54, 1.807) is 13.2 Å². The third-order valence-electron chi connectivity index (χ3n) is 3.19. The number of hydrogen-bond acceptors (Lipinski definition) is 6. The summed E-state index contributed by atoms with van der Waals surface area (Å²) < 4.78 is 14.6. The maximum absolute atomic E-state index is 11.8. The highest BCUT2D eigenvalue weighted by Gasteiger charge is 2.14. The van der Waals surface area contributed by atoms with E-state index in [-0.39, 0.29) is 5.70 Å². The third-order valence-corrected chi connectivity index (χ3v) is 3.19. The second-order valence-corrected chi connectivity index (χ2v) is 4.60. The maximum Gasteiger partial charge on any atom is 0.354 e. The molecule has 23 heavy (non-hydrogen) atoms. The summed E-state index contributed by atoms with van der Waals surface area (Å²) in [5.41, 5.74) is 0.554. The Labute approximate surface area is 133 Å². The van der Waals surface area contributed by atoms with Crippen LogP contribution in [-0.4, -0.2) is 33.3 Å². The van der Waals surface area contributed by atoms with Gasteiger partial charge in [-0.2, -0.15) is 0 Å². The van der Waals surface area contributed by atoms with Gasteiger partial charge in [0.05, 0.1) is 27.4 Å². The molecule has 0 heterocycles. The third kappa shape index (κ3) is 3.79. The van der Waals surface area contributed by atoms with E-state index in [0.29, 0.717) is 11.4 Å². The SMILES string of the molecule is COC(=O)/C=C(/Nc1cc(OC)c2ccccc2c1)C(=O)OC. The molecular formula is C17H17NO5. The van der Waals surface area contributed by atoms with Gasteiger partial charge in [0, 0.05) is 17.1 Å². The number of carbonyl (C=O) groups is 2. The first-order chi connectivity index (χ1) is 11.1. The van der Waals surface area contributed by atoms with Crippen LogP contribution >= 0.6 is 0 Å². The highest BCUT2D eigenvalue weighted by Crippen LogP contribution is 2.30. The predicted molar refractivity (Wildman–Crippen MR) is 86.2 cm³/mol. The Morgan fingerprint density at radius 2 is 1.78 bits per heavy atom. The van der Waals surface area contributed by atoms with Crippen molar-refractivity contribution in [3.05, 3.63) is 48.2 Å². The van der Waals surface area contributed by atoms with Crippen molar-refractivity contribution in [2.45, 2.75) is 0 Å². The van der Waals surface area contributed by atoms with Crippen molar-refractivity contribution in [3.63, 3.8) is 0 Å². The van der Waals surface area contributed by atoms with E-state index in [1.807, 2.05) is 30.3 Å². The summed E-state index contributed by atoms with van der Waals surface area (Å²) in [5, 5.41) is 4.74. The maximum atomic E-state index is 11.8. The van der Waals surface area contributed by atoms with E-state index in [2.05, 4.69) is 14.8 Å². The Kier molecular flexibility index (Phi) is 5.19. The molecule has 0 saturated heterocycles. The number of anilines is 1. The molecule has 0 spiro atoms. The van der Waals surface area contributed by atoms with Crippen LogP contribution in [0.2, 0.25) is 0 Å². The van der Waals surface area contributed by atoms with Crippen LogP contribution < -0.4 is 10.1 Å². The van der Waals surface area contributed by atoms with Crippen molar-refractivity contribution in [3.8, 4) is 5.75 Å². The highest BCUT2D eigenvalue weighted by atomic mass is 16.5. The normalized spacial score (nSPS) is 11.0. The van der Waals surface area contributed by atoms with Gasteiger partial charge in [-0.05, 0) is 11.5 Å². The molecule has 0 saturated carbocycles. The molecule has 0 aromatic heterocycles. The van der Waals surface area contributed by atoms with Crippen LogP contribution in [0.1, 0.15) is 0 Å². The van der Waals surface area contributed by atoms with Crippen LogP contribution in [0.5, 0.6) is 5.75 Å². The number of rotatable bonds is 5. The molecule has 0 amide bonds. The topological polar surface area (TPSA) is 73.9 Å². The lowest BCUT2D eigenvalue weighted by molar-refractivity contribution is -0.138. The average molecular weight is 315 g/mol. The second-order valence-electron chi connectivity index (χ2n) is 4.60. The number of nitrogens with one attached hydrogen (secondary N) is 1. The minimum atomic E-state index is -0.678. The molecule has 0 fully saturated rings. The van der Waals surface area contributed by atoms with Gasteiger partial charge in [-0.15, -0.1) is 0 Å². The van der Waals surface area contributed by atoms with Crippen LogP contribution in [0.4, 0.5) is 5.69 Å². The largest absolute Gasteiger partial charge is 0.496 e. The Morgan fingerprint density at radius 1 is 1.04 bits per heavy atom. The standard InChI is InChI=1S/C17H17NO5/c1-21-15-9-12(8-11-6-4-5-7-13(11)15)18-14(17(20)23-3)10-16(19)22-2/h4-10,18H,1-3H3/b14-10+. The van der Waals surface area contributed by atoms with Gasteiger partial charge in [-0.3, -0.25) is 0 Å². The number of methoxy groups -OCH3 is 3. The Hall–Kier alpha value is -3.02. The molecule has 0 atom stereocenters. The summed E-state index contributed by atoms with van der Waals surface area (Å²) in [4.78, 5) is 23.2. The molecule has 2 rings (SSSR count). The van der Waals surface area contributed by atoms with Gasteiger partial charge in [0.1, 0.15) is 11.4 Å². The number of ether oxygens (including phenoxy) is 3. The Bertz CT molecular complexity index is 767. The molecule has 0 aliphatic rings. The number of esters is 2. The zero-order chi connectivity index (χ0) is 16.8. The lowest BCUT2D eigenvalue weighted by Crippen LogP contribution is -2.15. The Balaban J connectivity index is 2.44. The van der Waals surface area contributed by atoms with E-state index in [0.717, 1.165) is 16.8 Å². The van der Waals surface area contributed by atoms with E-state index in [9.17, 15) is 9.59 Å². The van der Waals surface area contributed by atoms with Crippen molar-refractivity contribution in [2.75, 3.05) is 26.6 Å². The molecule has 0 bridgehead atoms. The van der Waals surface area contributed by atoms with Gasteiger partial charge in [0.2, 0.25) is 0 Å². The summed E-state index contributed by atoms with van der Waals surface area (Å²) in [6.07, 6.45) is 1.04. The molecule has 6 nitrogen and oxygen atoms in total. The molecule has 6 heteroatoms. The average Bonchev–Trinajstić information content (AvgIpc) is 2.59. The number of hydrogen-bond donors (Lipinski definition) is 1. The van der Waals surface area contributed by atoms with Gasteiger partial charge < -0.3 is 19.5 Å². The van der Waals surface area contributed by atoms with Gasteiger partial charge in [0.25, 0.3) is 0 Å². The van der Waals surface area contributed by atoms with Gasteiger partial charge in [-0.25, -0.2) is 9.59 Å². The first-order valence-electron chi connectivity index (χ1n) is 6.80. The Morgan fingerprint density at radius 3 is 2.43 bits per heavy atom. The van der Waals surface area contributed by atoms with Crippen LogP contribution in [0.3, 0.4) is 0 Å². The van der Waals surface area contributed by atoms with Gasteiger partial charge in [-0.1, -0.05) is 24.3 Å². The molecule has 0 radical (unpaired) electrons. The van der Waals surface area contributed by atoms with Crippen molar-refractivity contribution < 1.29 is 23.8 Å². The minimum Gasteiger partial charge on any atom is -0.496 e. The lowest BCUT2D eigenvalue weighted by Gasteiger charge is -2.12. The highest BCUT2D eigenvalue weighted by molar-refractivity contribution is 6.00. The summed E-state index contributed by atoms with van der Waals surface area (Å²) >= 11 is 0. The molecule has 120 valence electrons. The first kappa shape index (κ1) is 16.4. The van der Waals surface area contributed by atoms with E-state index in [4.69, 9.17) is 4.74 Å². The number of benzene rings is 2. The van der Waals surface area contributed by atoms with Gasteiger partial charge >= 0.3 is 11.9 Å². The number of carbonyl (C=O) groups excluding carboxylic acids is 2. The van der Waals surface area contributed by atoms with E-state index >= 15 is 0 Å². The fraction of sp³-hybridized carbons (Fsp3) is 0.176. The van der Waals surface area contributed by atoms with Crippen molar-refractivity contribution in [1.82, 2.24) is 0 Å². The van der Waals surface area contributed by atoms with Crippen LogP contribution in [-0.2, 0) is 19.1 Å². The first-order valence-corrected chi connectivity index (χ1v) is 6.80. The van der Waals surface area contributed by atoms with Crippen molar-refractivity contribution >= 4 is 28.4 Å². The fourth-order valence-corrected chi connectivity index (χ4v) is 2.10. The van der Waals surface area contributed by atoms with E-state index in [1.165, 1.54) is 14.2 Å². The quantitative estimate of drug-likeness (QED) is 0.675. The summed E-state index contributed by atoms with van der Waals surface area (Å²) in [6.45, 7) is 0. The fourth-order valence-electron chi connectivity index (χ4n) is 2.10. The summed E-state index contributed by atoms with van der Waals surface area (Å²) in [7, 11) is 4.03. The zero-order valence-electron chi connectivity index (χ0n) is 13.1. The van der Waals surface area contributed by atoms with Crippen molar-refractivity contribution in [2.24, 2.45) is 0 Å².